The summed E-state index contributed by atoms with van der Waals surface area (Å²) >= 11 is 1.25. The normalized spacial score (nSPS) is 13.9. The highest BCUT2D eigenvalue weighted by Crippen LogP contribution is 2.42. The van der Waals surface area contributed by atoms with Gasteiger partial charge in [-0.15, -0.1) is 10.2 Å². The molecule has 0 radical (unpaired) electrons. The summed E-state index contributed by atoms with van der Waals surface area (Å²) in [7, 11) is 4.79. The van der Waals surface area contributed by atoms with Crippen molar-refractivity contribution in [2.75, 3.05) is 27.1 Å². The van der Waals surface area contributed by atoms with E-state index in [1.807, 2.05) is 102 Å². The van der Waals surface area contributed by atoms with Gasteiger partial charge in [-0.25, -0.2) is 5.01 Å². The fourth-order valence-corrected chi connectivity index (χ4v) is 6.52. The summed E-state index contributed by atoms with van der Waals surface area (Å²) in [6.07, 6.45) is 0.469. The highest BCUT2D eigenvalue weighted by Gasteiger charge is 2.36. The molecule has 49 heavy (non-hydrogen) atoms. The fourth-order valence-electron chi connectivity index (χ4n) is 5.70. The second-order valence-corrected chi connectivity index (χ2v) is 12.2. The lowest BCUT2D eigenvalue weighted by Crippen LogP contribution is -2.29. The quantitative estimate of drug-likeness (QED) is 0.160. The molecule has 0 spiro atoms. The first-order chi connectivity index (χ1) is 23.9. The summed E-state index contributed by atoms with van der Waals surface area (Å²) < 4.78 is 18.5. The molecule has 250 valence electrons. The molecule has 4 aromatic carbocycles. The van der Waals surface area contributed by atoms with Gasteiger partial charge in [0.1, 0.15) is 5.75 Å². The van der Waals surface area contributed by atoms with Gasteiger partial charge in [0.05, 0.1) is 45.4 Å². The Balaban J connectivity index is 1.27. The summed E-state index contributed by atoms with van der Waals surface area (Å²) in [6, 6.07) is 29.8. The maximum absolute atomic E-state index is 14.1. The predicted molar refractivity (Wildman–Crippen MR) is 188 cm³/mol. The Morgan fingerprint density at radius 2 is 1.65 bits per heavy atom. The van der Waals surface area contributed by atoms with E-state index < -0.39 is 6.04 Å². The number of ether oxygens (including phenoxy) is 3. The molecule has 2 heterocycles. The number of aryl methyl sites for hydroxylation is 1. The molecule has 0 saturated carbocycles. The molecule has 1 aromatic heterocycles. The Hall–Kier alpha value is -5.62. The van der Waals surface area contributed by atoms with Crippen LogP contribution in [0.5, 0.6) is 17.2 Å². The van der Waals surface area contributed by atoms with E-state index in [2.05, 4.69) is 15.5 Å². The molecule has 5 aromatic rings. The van der Waals surface area contributed by atoms with Crippen molar-refractivity contribution < 1.29 is 23.8 Å². The maximum atomic E-state index is 14.1. The van der Waals surface area contributed by atoms with Gasteiger partial charge in [0.15, 0.2) is 22.5 Å². The van der Waals surface area contributed by atoms with Crippen LogP contribution in [0.1, 0.15) is 45.3 Å². The van der Waals surface area contributed by atoms with E-state index in [1.54, 1.807) is 27.4 Å². The second kappa shape index (κ2) is 15.1. The van der Waals surface area contributed by atoms with E-state index in [0.717, 1.165) is 33.8 Å². The highest BCUT2D eigenvalue weighted by molar-refractivity contribution is 7.99. The van der Waals surface area contributed by atoms with Crippen LogP contribution >= 0.6 is 11.8 Å². The van der Waals surface area contributed by atoms with Crippen LogP contribution in [0.15, 0.2) is 107 Å². The highest BCUT2D eigenvalue weighted by atomic mass is 32.2. The third kappa shape index (κ3) is 7.29. The van der Waals surface area contributed by atoms with Gasteiger partial charge >= 0.3 is 0 Å². The van der Waals surface area contributed by atoms with Gasteiger partial charge in [-0.3, -0.25) is 14.2 Å². The molecule has 0 aliphatic carbocycles. The Kier molecular flexibility index (Phi) is 10.2. The average Bonchev–Trinajstić information content (AvgIpc) is 3.78. The van der Waals surface area contributed by atoms with Gasteiger partial charge < -0.3 is 19.5 Å². The minimum Gasteiger partial charge on any atom is -0.497 e. The number of hydrogen-bond donors (Lipinski definition) is 1. The summed E-state index contributed by atoms with van der Waals surface area (Å²) in [6.45, 7) is 2.08. The summed E-state index contributed by atoms with van der Waals surface area (Å²) in [5.41, 5.74) is 4.79. The zero-order valence-corrected chi connectivity index (χ0v) is 28.4. The number of benzene rings is 4. The van der Waals surface area contributed by atoms with Crippen molar-refractivity contribution in [2.45, 2.75) is 31.1 Å². The van der Waals surface area contributed by atoms with Crippen molar-refractivity contribution in [1.29, 1.82) is 0 Å². The van der Waals surface area contributed by atoms with Crippen LogP contribution in [0.25, 0.3) is 5.69 Å². The molecule has 2 amide bonds. The number of para-hydroxylation sites is 2. The number of carbonyl (C=O) groups excluding carboxylic acids is 2. The number of carbonyl (C=O) groups is 2. The van der Waals surface area contributed by atoms with Crippen LogP contribution in [-0.4, -0.2) is 64.4 Å². The first kappa shape index (κ1) is 33.3. The van der Waals surface area contributed by atoms with Gasteiger partial charge in [-0.2, -0.15) is 5.10 Å². The maximum Gasteiger partial charge on any atom is 0.253 e. The Labute approximate surface area is 288 Å². The van der Waals surface area contributed by atoms with E-state index in [9.17, 15) is 9.59 Å². The van der Waals surface area contributed by atoms with Crippen molar-refractivity contribution >= 4 is 29.3 Å². The number of hydrazone groups is 1. The van der Waals surface area contributed by atoms with Crippen molar-refractivity contribution in [3.8, 4) is 22.9 Å². The van der Waals surface area contributed by atoms with Crippen molar-refractivity contribution in [3.63, 3.8) is 0 Å². The number of hydrogen-bond acceptors (Lipinski definition) is 9. The molecule has 6 rings (SSSR count). The first-order valence-electron chi connectivity index (χ1n) is 15.6. The number of nitrogens with zero attached hydrogens (tertiary/aromatic N) is 5. The van der Waals surface area contributed by atoms with Crippen LogP contribution in [-0.2, 0) is 11.3 Å². The molecular weight excluding hydrogens is 641 g/mol. The summed E-state index contributed by atoms with van der Waals surface area (Å²) in [4.78, 5) is 27.0. The smallest absolute Gasteiger partial charge is 0.253 e. The largest absolute Gasteiger partial charge is 0.497 e. The van der Waals surface area contributed by atoms with E-state index >= 15 is 0 Å². The Morgan fingerprint density at radius 3 is 2.37 bits per heavy atom. The Morgan fingerprint density at radius 1 is 0.878 bits per heavy atom. The van der Waals surface area contributed by atoms with Crippen LogP contribution in [0, 0.1) is 6.92 Å². The van der Waals surface area contributed by atoms with Crippen LogP contribution in [0.3, 0.4) is 0 Å². The summed E-state index contributed by atoms with van der Waals surface area (Å²) in [5.74, 6) is 1.97. The molecule has 12 heteroatoms. The Bertz CT molecular complexity index is 1980. The third-order valence-corrected chi connectivity index (χ3v) is 9.02. The number of amides is 2. The van der Waals surface area contributed by atoms with Crippen molar-refractivity contribution in [1.82, 2.24) is 25.1 Å². The molecular formula is C37H36N6O5S. The topological polar surface area (TPSA) is 120 Å². The molecule has 0 bridgehead atoms. The van der Waals surface area contributed by atoms with Gasteiger partial charge in [0, 0.05) is 23.2 Å². The SMILES string of the molecule is COc1ccc(C2=NN(C(=O)CSc3nnc(CNC(=O)c4cccc(C)c4)n3-c3ccccc3)C(c3cccc(OC)c3OC)C2)cc1. The van der Waals surface area contributed by atoms with E-state index in [1.165, 1.54) is 16.8 Å². The number of methoxy groups -OCH3 is 3. The van der Waals surface area contributed by atoms with Gasteiger partial charge in [-0.1, -0.05) is 59.8 Å². The minimum absolute atomic E-state index is 0.0306. The molecule has 1 aliphatic heterocycles. The number of thioether (sulfide) groups is 1. The molecule has 1 unspecified atom stereocenters. The third-order valence-electron chi connectivity index (χ3n) is 8.11. The van der Waals surface area contributed by atoms with Gasteiger partial charge in [-0.05, 0) is 67.1 Å². The van der Waals surface area contributed by atoms with E-state index in [-0.39, 0.29) is 24.1 Å². The van der Waals surface area contributed by atoms with E-state index in [4.69, 9.17) is 19.3 Å². The molecule has 0 fully saturated rings. The zero-order chi connectivity index (χ0) is 34.3. The van der Waals surface area contributed by atoms with Crippen molar-refractivity contribution in [3.05, 3.63) is 125 Å². The predicted octanol–water partition coefficient (Wildman–Crippen LogP) is 6.00. The minimum atomic E-state index is -0.436. The molecule has 11 nitrogen and oxygen atoms in total. The lowest BCUT2D eigenvalue weighted by atomic mass is 9.97. The van der Waals surface area contributed by atoms with Gasteiger partial charge in [0.25, 0.3) is 11.8 Å². The van der Waals surface area contributed by atoms with Crippen LogP contribution in [0.4, 0.5) is 0 Å². The standard InChI is InChI=1S/C37H36N6O5S/c1-24-10-8-11-26(20-24)36(45)38-22-33-39-40-37(42(33)27-12-6-5-7-13-27)49-23-34(44)43-31(29-14-9-15-32(47-3)35(29)48-4)21-30(41-43)25-16-18-28(46-2)19-17-25/h5-20,31H,21-23H2,1-4H3,(H,38,45). The second-order valence-electron chi connectivity index (χ2n) is 11.2. The zero-order valence-electron chi connectivity index (χ0n) is 27.6. The fraction of sp³-hybridized carbons (Fsp3) is 0.216. The molecule has 1 aliphatic rings. The number of rotatable bonds is 12. The van der Waals surface area contributed by atoms with Gasteiger partial charge in [0.2, 0.25) is 0 Å². The van der Waals surface area contributed by atoms with Crippen LogP contribution < -0.4 is 19.5 Å². The van der Waals surface area contributed by atoms with Crippen LogP contribution in [0.2, 0.25) is 0 Å². The number of aromatic nitrogens is 3. The number of nitrogens with one attached hydrogen (secondary N) is 1. The van der Waals surface area contributed by atoms with E-state index in [0.29, 0.717) is 34.5 Å². The lowest BCUT2D eigenvalue weighted by molar-refractivity contribution is -0.130. The summed E-state index contributed by atoms with van der Waals surface area (Å²) in [5, 5.41) is 18.7. The lowest BCUT2D eigenvalue weighted by Gasteiger charge is -2.24. The van der Waals surface area contributed by atoms with Crippen molar-refractivity contribution in [2.24, 2.45) is 5.10 Å². The monoisotopic (exact) mass is 676 g/mol. The first-order valence-corrected chi connectivity index (χ1v) is 16.6. The molecule has 0 saturated heterocycles. The average molecular weight is 677 g/mol. The molecule has 1 N–H and O–H groups in total. The molecule has 1 atom stereocenters.